The van der Waals surface area contributed by atoms with Crippen LogP contribution < -0.4 is 10.1 Å². The first-order valence-electron chi connectivity index (χ1n) is 9.20. The number of hydrogen-bond donors (Lipinski definition) is 1. The van der Waals surface area contributed by atoms with Crippen molar-refractivity contribution >= 4 is 28.3 Å². The zero-order chi connectivity index (χ0) is 20.2. The van der Waals surface area contributed by atoms with Crippen molar-refractivity contribution in [1.29, 1.82) is 0 Å². The van der Waals surface area contributed by atoms with Crippen LogP contribution >= 0.6 is 0 Å². The minimum atomic E-state index is -0.324. The Morgan fingerprint density at radius 3 is 2.48 bits per heavy atom. The van der Waals surface area contributed by atoms with Gasteiger partial charge in [-0.15, -0.1) is 0 Å². The molecule has 0 atom stereocenters. The van der Waals surface area contributed by atoms with E-state index in [0.717, 1.165) is 5.56 Å². The highest BCUT2D eigenvalue weighted by molar-refractivity contribution is 6.17. The molecule has 3 aromatic carbocycles. The molecule has 0 bridgehead atoms. The number of rotatable bonds is 6. The van der Waals surface area contributed by atoms with E-state index in [0.29, 0.717) is 28.0 Å². The molecule has 5 heteroatoms. The second-order valence-electron chi connectivity index (χ2n) is 6.57. The Hall–Kier alpha value is -3.86. The fourth-order valence-electron chi connectivity index (χ4n) is 3.19. The molecule has 0 unspecified atom stereocenters. The topological polar surface area (TPSA) is 68.5 Å². The Morgan fingerprint density at radius 2 is 1.69 bits per heavy atom. The van der Waals surface area contributed by atoms with E-state index in [9.17, 15) is 9.59 Å². The molecule has 1 heterocycles. The van der Waals surface area contributed by atoms with Gasteiger partial charge in [0.15, 0.2) is 5.76 Å². The van der Waals surface area contributed by atoms with Crippen molar-refractivity contribution in [2.75, 3.05) is 12.4 Å². The number of ketones is 1. The molecule has 1 N–H and O–H groups in total. The number of amides is 1. The summed E-state index contributed by atoms with van der Waals surface area (Å²) >= 11 is 0. The Labute approximate surface area is 167 Å². The first-order valence-corrected chi connectivity index (χ1v) is 9.20. The number of anilines is 1. The van der Waals surface area contributed by atoms with Gasteiger partial charge in [-0.1, -0.05) is 54.6 Å². The number of hydrogen-bond acceptors (Lipinski definition) is 4. The van der Waals surface area contributed by atoms with E-state index >= 15 is 0 Å². The molecule has 0 saturated heterocycles. The molecule has 0 aliphatic carbocycles. The fraction of sp³-hybridized carbons (Fsp3) is 0.0833. The highest BCUT2D eigenvalue weighted by atomic mass is 16.5. The molecule has 0 saturated carbocycles. The van der Waals surface area contributed by atoms with Crippen molar-refractivity contribution in [1.82, 2.24) is 0 Å². The van der Waals surface area contributed by atoms with Gasteiger partial charge in [0.2, 0.25) is 11.7 Å². The third-order valence-electron chi connectivity index (χ3n) is 4.61. The van der Waals surface area contributed by atoms with Gasteiger partial charge in [-0.05, 0) is 29.8 Å². The molecule has 144 valence electrons. The minimum Gasteiger partial charge on any atom is -0.497 e. The van der Waals surface area contributed by atoms with Crippen molar-refractivity contribution in [2.24, 2.45) is 0 Å². The molecule has 0 spiro atoms. The van der Waals surface area contributed by atoms with E-state index in [1.807, 2.05) is 48.5 Å². The summed E-state index contributed by atoms with van der Waals surface area (Å²) in [6, 6.07) is 23.5. The summed E-state index contributed by atoms with van der Waals surface area (Å²) in [5.74, 6) is 0.125. The van der Waals surface area contributed by atoms with E-state index in [1.54, 1.807) is 37.4 Å². The number of carbonyl (C=O) groups is 2. The third kappa shape index (κ3) is 3.89. The lowest BCUT2D eigenvalue weighted by Gasteiger charge is -2.07. The van der Waals surface area contributed by atoms with Crippen LogP contribution in [0.3, 0.4) is 0 Å². The Balaban J connectivity index is 1.70. The van der Waals surface area contributed by atoms with E-state index in [-0.39, 0.29) is 23.9 Å². The predicted molar refractivity (Wildman–Crippen MR) is 111 cm³/mol. The molecule has 0 radical (unpaired) electrons. The fourth-order valence-corrected chi connectivity index (χ4v) is 3.19. The number of carbonyl (C=O) groups excluding carboxylic acids is 2. The van der Waals surface area contributed by atoms with Crippen molar-refractivity contribution in [3.8, 4) is 5.75 Å². The molecule has 0 aliphatic heterocycles. The average Bonchev–Trinajstić information content (AvgIpc) is 3.12. The van der Waals surface area contributed by atoms with Gasteiger partial charge in [0, 0.05) is 10.9 Å². The maximum Gasteiger partial charge on any atom is 0.230 e. The Morgan fingerprint density at radius 1 is 0.931 bits per heavy atom. The molecule has 1 aromatic heterocycles. The second-order valence-corrected chi connectivity index (χ2v) is 6.57. The number of nitrogens with one attached hydrogen (secondary N) is 1. The van der Waals surface area contributed by atoms with Crippen molar-refractivity contribution in [3.05, 3.63) is 95.7 Å². The zero-order valence-corrected chi connectivity index (χ0v) is 15.8. The molecular formula is C24H19NO4. The maximum absolute atomic E-state index is 13.1. The van der Waals surface area contributed by atoms with Crippen molar-refractivity contribution in [2.45, 2.75) is 6.42 Å². The van der Waals surface area contributed by atoms with Crippen LogP contribution in [0.25, 0.3) is 11.0 Å². The molecular weight excluding hydrogens is 366 g/mol. The molecule has 4 rings (SSSR count). The van der Waals surface area contributed by atoms with E-state index in [1.165, 1.54) is 0 Å². The second kappa shape index (κ2) is 8.02. The highest BCUT2D eigenvalue weighted by Crippen LogP contribution is 2.33. The van der Waals surface area contributed by atoms with Crippen LogP contribution in [0.4, 0.5) is 5.69 Å². The van der Waals surface area contributed by atoms with Gasteiger partial charge in [0.05, 0.1) is 19.2 Å². The Kier molecular flexibility index (Phi) is 5.12. The molecule has 29 heavy (non-hydrogen) atoms. The molecule has 1 amide bonds. The summed E-state index contributed by atoms with van der Waals surface area (Å²) < 4.78 is 11.0. The van der Waals surface area contributed by atoms with Crippen LogP contribution in [0.1, 0.15) is 21.7 Å². The largest absolute Gasteiger partial charge is 0.497 e. The zero-order valence-electron chi connectivity index (χ0n) is 15.8. The number of fused-ring (bicyclic) bond motifs is 1. The van der Waals surface area contributed by atoms with Gasteiger partial charge < -0.3 is 14.5 Å². The molecule has 5 nitrogen and oxygen atoms in total. The van der Waals surface area contributed by atoms with Gasteiger partial charge in [-0.25, -0.2) is 0 Å². The minimum absolute atomic E-state index is 0.0980. The third-order valence-corrected chi connectivity index (χ3v) is 4.61. The van der Waals surface area contributed by atoms with Crippen LogP contribution in [0.2, 0.25) is 0 Å². The maximum atomic E-state index is 13.1. The summed E-state index contributed by atoms with van der Waals surface area (Å²) in [7, 11) is 1.54. The smallest absolute Gasteiger partial charge is 0.230 e. The number of furan rings is 1. The normalized spacial score (nSPS) is 10.7. The molecule has 0 fully saturated rings. The van der Waals surface area contributed by atoms with Gasteiger partial charge >= 0.3 is 0 Å². The summed E-state index contributed by atoms with van der Waals surface area (Å²) in [6.07, 6.45) is 0.202. The summed E-state index contributed by atoms with van der Waals surface area (Å²) in [5.41, 5.74) is 2.23. The first kappa shape index (κ1) is 18.5. The molecule has 4 aromatic rings. The van der Waals surface area contributed by atoms with Crippen molar-refractivity contribution < 1.29 is 18.7 Å². The quantitative estimate of drug-likeness (QED) is 0.482. The standard InChI is InChI=1S/C24H19NO4/c1-28-18-11-7-10-17(15-18)23(27)24-22(19-12-5-6-13-20(19)29-24)25-21(26)14-16-8-3-2-4-9-16/h2-13,15H,14H2,1H3,(H,25,26). The molecule has 0 aliphatic rings. The lowest BCUT2D eigenvalue weighted by Crippen LogP contribution is -2.16. The average molecular weight is 385 g/mol. The number of ether oxygens (including phenoxy) is 1. The van der Waals surface area contributed by atoms with Crippen LogP contribution in [0.5, 0.6) is 5.75 Å². The van der Waals surface area contributed by atoms with E-state index in [2.05, 4.69) is 5.32 Å². The summed E-state index contributed by atoms with van der Waals surface area (Å²) in [5, 5.41) is 3.56. The Bertz CT molecular complexity index is 1180. The van der Waals surface area contributed by atoms with Crippen LogP contribution in [-0.2, 0) is 11.2 Å². The van der Waals surface area contributed by atoms with Crippen LogP contribution in [0, 0.1) is 0 Å². The van der Waals surface area contributed by atoms with Crippen LogP contribution in [-0.4, -0.2) is 18.8 Å². The number of para-hydroxylation sites is 1. The van der Waals surface area contributed by atoms with Gasteiger partial charge in [-0.3, -0.25) is 9.59 Å². The van der Waals surface area contributed by atoms with Gasteiger partial charge in [-0.2, -0.15) is 0 Å². The van der Waals surface area contributed by atoms with Crippen LogP contribution in [0.15, 0.2) is 83.3 Å². The van der Waals surface area contributed by atoms with Gasteiger partial charge in [0.25, 0.3) is 0 Å². The van der Waals surface area contributed by atoms with E-state index in [4.69, 9.17) is 9.15 Å². The first-order chi connectivity index (χ1) is 14.2. The van der Waals surface area contributed by atoms with Crippen molar-refractivity contribution in [3.63, 3.8) is 0 Å². The summed E-state index contributed by atoms with van der Waals surface area (Å²) in [6.45, 7) is 0. The highest BCUT2D eigenvalue weighted by Gasteiger charge is 2.23. The number of benzene rings is 3. The lowest BCUT2D eigenvalue weighted by atomic mass is 10.1. The van der Waals surface area contributed by atoms with Gasteiger partial charge in [0.1, 0.15) is 11.3 Å². The van der Waals surface area contributed by atoms with E-state index < -0.39 is 0 Å². The SMILES string of the molecule is COc1cccc(C(=O)c2oc3ccccc3c2NC(=O)Cc2ccccc2)c1. The number of methoxy groups -OCH3 is 1. The summed E-state index contributed by atoms with van der Waals surface area (Å²) in [4.78, 5) is 25.8. The monoisotopic (exact) mass is 385 g/mol. The predicted octanol–water partition coefficient (Wildman–Crippen LogP) is 4.85. The lowest BCUT2D eigenvalue weighted by molar-refractivity contribution is -0.115.